The second kappa shape index (κ2) is 3.94. The maximum Gasteiger partial charge on any atom is 0.391 e. The molecule has 1 atom stereocenters. The molecule has 0 saturated carbocycles. The summed E-state index contributed by atoms with van der Waals surface area (Å²) >= 11 is 0. The second-order valence-corrected chi connectivity index (χ2v) is 3.34. The van der Waals surface area contributed by atoms with Gasteiger partial charge in [0.1, 0.15) is 0 Å². The Hall–Kier alpha value is -1.13. The lowest BCUT2D eigenvalue weighted by atomic mass is 10.1. The summed E-state index contributed by atoms with van der Waals surface area (Å²) in [5.74, 6) is 0.393. The molecule has 2 nitrogen and oxygen atoms in total. The van der Waals surface area contributed by atoms with Gasteiger partial charge < -0.3 is 10.6 Å². The van der Waals surface area contributed by atoms with Gasteiger partial charge in [-0.15, -0.1) is 0 Å². The first-order chi connectivity index (χ1) is 6.40. The zero-order valence-electron chi connectivity index (χ0n) is 7.88. The minimum atomic E-state index is -4.14. The van der Waals surface area contributed by atoms with E-state index in [1.165, 1.54) is 11.8 Å². The minimum absolute atomic E-state index is 0.393. The van der Waals surface area contributed by atoms with E-state index in [0.29, 0.717) is 12.4 Å². The lowest BCUT2D eigenvalue weighted by Crippen LogP contribution is -2.39. The molecule has 0 saturated heterocycles. The molecule has 0 spiro atoms. The van der Waals surface area contributed by atoms with Crippen LogP contribution in [0.1, 0.15) is 13.3 Å². The van der Waals surface area contributed by atoms with Crippen LogP contribution >= 0.6 is 0 Å². The van der Waals surface area contributed by atoms with Crippen LogP contribution in [0.2, 0.25) is 0 Å². The molecule has 0 fully saturated rings. The van der Waals surface area contributed by atoms with Gasteiger partial charge in [-0.05, 0) is 13.0 Å². The minimum Gasteiger partial charge on any atom is -0.385 e. The lowest BCUT2D eigenvalue weighted by Gasteiger charge is -2.32. The Labute approximate surface area is 80.9 Å². The highest BCUT2D eigenvalue weighted by atomic mass is 19.4. The number of hydrogen-bond donors (Lipinski definition) is 1. The van der Waals surface area contributed by atoms with Crippen molar-refractivity contribution < 1.29 is 13.2 Å². The van der Waals surface area contributed by atoms with Gasteiger partial charge in [-0.3, -0.25) is 0 Å². The van der Waals surface area contributed by atoms with E-state index in [0.717, 1.165) is 0 Å². The van der Waals surface area contributed by atoms with E-state index in [4.69, 9.17) is 5.73 Å². The number of rotatable bonds is 2. The van der Waals surface area contributed by atoms with E-state index in [-0.39, 0.29) is 0 Å². The summed E-state index contributed by atoms with van der Waals surface area (Å²) in [4.78, 5) is 1.54. The maximum absolute atomic E-state index is 12.1. The van der Waals surface area contributed by atoms with Crippen LogP contribution in [0.4, 0.5) is 13.2 Å². The van der Waals surface area contributed by atoms with Gasteiger partial charge in [0.25, 0.3) is 0 Å². The number of halogens is 3. The zero-order valence-corrected chi connectivity index (χ0v) is 7.88. The van der Waals surface area contributed by atoms with E-state index < -0.39 is 18.6 Å². The Morgan fingerprint density at radius 3 is 2.71 bits per heavy atom. The first-order valence-corrected chi connectivity index (χ1v) is 4.36. The van der Waals surface area contributed by atoms with Crippen molar-refractivity contribution in [3.05, 3.63) is 24.0 Å². The quantitative estimate of drug-likeness (QED) is 0.748. The predicted octanol–water partition coefficient (Wildman–Crippen LogP) is 2.00. The smallest absolute Gasteiger partial charge is 0.385 e. The van der Waals surface area contributed by atoms with Crippen molar-refractivity contribution in [2.24, 2.45) is 5.73 Å². The first kappa shape index (κ1) is 10.9. The Morgan fingerprint density at radius 1 is 1.57 bits per heavy atom. The Bertz CT molecular complexity index is 255. The van der Waals surface area contributed by atoms with Crippen molar-refractivity contribution >= 4 is 0 Å². The molecule has 1 heterocycles. The fourth-order valence-corrected chi connectivity index (χ4v) is 1.42. The molecule has 0 amide bonds. The molecule has 0 radical (unpaired) electrons. The highest BCUT2D eigenvalue weighted by molar-refractivity contribution is 5.15. The van der Waals surface area contributed by atoms with Gasteiger partial charge >= 0.3 is 6.18 Å². The fraction of sp³-hybridized carbons (Fsp3) is 0.556. The summed E-state index contributed by atoms with van der Waals surface area (Å²) < 4.78 is 36.2. The zero-order chi connectivity index (χ0) is 10.8. The van der Waals surface area contributed by atoms with Crippen LogP contribution in [0.5, 0.6) is 0 Å². The Balaban J connectivity index is 2.57. The molecule has 80 valence electrons. The SMILES string of the molecule is CC(CC(F)(F)F)N1CC=CC=C1N. The highest BCUT2D eigenvalue weighted by Crippen LogP contribution is 2.25. The standard InChI is InChI=1S/C9H13F3N2/c1-7(6-9(10,11)12)14-5-3-2-4-8(14)13/h2-4,7H,5-6,13H2,1H3. The molecule has 0 aliphatic carbocycles. The molecule has 0 aromatic rings. The molecule has 0 bridgehead atoms. The summed E-state index contributed by atoms with van der Waals surface area (Å²) in [7, 11) is 0. The van der Waals surface area contributed by atoms with Gasteiger partial charge in [-0.25, -0.2) is 0 Å². The second-order valence-electron chi connectivity index (χ2n) is 3.34. The van der Waals surface area contributed by atoms with Crippen LogP contribution in [0.25, 0.3) is 0 Å². The van der Waals surface area contributed by atoms with Crippen LogP contribution in [0, 0.1) is 0 Å². The highest BCUT2D eigenvalue weighted by Gasteiger charge is 2.32. The molecule has 1 rings (SSSR count). The average Bonchev–Trinajstić information content (AvgIpc) is 2.01. The van der Waals surface area contributed by atoms with Crippen molar-refractivity contribution in [2.45, 2.75) is 25.6 Å². The summed E-state index contributed by atoms with van der Waals surface area (Å²) in [5, 5.41) is 0. The number of nitrogens with two attached hydrogens (primary N) is 1. The molecule has 2 N–H and O–H groups in total. The molecular weight excluding hydrogens is 193 g/mol. The Morgan fingerprint density at radius 2 is 2.21 bits per heavy atom. The van der Waals surface area contributed by atoms with Crippen LogP contribution in [0.15, 0.2) is 24.0 Å². The maximum atomic E-state index is 12.1. The summed E-state index contributed by atoms with van der Waals surface area (Å²) in [6.07, 6.45) is 0.155. The fourth-order valence-electron chi connectivity index (χ4n) is 1.42. The lowest BCUT2D eigenvalue weighted by molar-refractivity contribution is -0.144. The largest absolute Gasteiger partial charge is 0.391 e. The monoisotopic (exact) mass is 206 g/mol. The summed E-state index contributed by atoms with van der Waals surface area (Å²) in [5.41, 5.74) is 5.57. The van der Waals surface area contributed by atoms with E-state index in [1.807, 2.05) is 0 Å². The van der Waals surface area contributed by atoms with Crippen LogP contribution in [-0.2, 0) is 0 Å². The van der Waals surface area contributed by atoms with Gasteiger partial charge in [0.05, 0.1) is 12.2 Å². The van der Waals surface area contributed by atoms with Crippen molar-refractivity contribution in [3.63, 3.8) is 0 Å². The molecule has 14 heavy (non-hydrogen) atoms. The normalized spacial score (nSPS) is 19.4. The van der Waals surface area contributed by atoms with E-state index in [9.17, 15) is 13.2 Å². The van der Waals surface area contributed by atoms with E-state index in [1.54, 1.807) is 18.2 Å². The van der Waals surface area contributed by atoms with E-state index in [2.05, 4.69) is 0 Å². The molecule has 0 aromatic carbocycles. The Kier molecular flexibility index (Phi) is 3.08. The number of nitrogens with zero attached hydrogens (tertiary/aromatic N) is 1. The topological polar surface area (TPSA) is 29.3 Å². The van der Waals surface area contributed by atoms with Crippen molar-refractivity contribution in [1.29, 1.82) is 0 Å². The number of allylic oxidation sites excluding steroid dienone is 2. The summed E-state index contributed by atoms with van der Waals surface area (Å²) in [6.45, 7) is 1.97. The van der Waals surface area contributed by atoms with Crippen molar-refractivity contribution in [1.82, 2.24) is 4.90 Å². The third-order valence-electron chi connectivity index (χ3n) is 2.10. The van der Waals surface area contributed by atoms with Gasteiger partial charge in [0.2, 0.25) is 0 Å². The molecule has 0 aromatic heterocycles. The van der Waals surface area contributed by atoms with Crippen LogP contribution in [-0.4, -0.2) is 23.7 Å². The van der Waals surface area contributed by atoms with Gasteiger partial charge in [-0.1, -0.05) is 12.2 Å². The van der Waals surface area contributed by atoms with Crippen molar-refractivity contribution in [2.75, 3.05) is 6.54 Å². The molecule has 1 unspecified atom stereocenters. The predicted molar refractivity (Wildman–Crippen MR) is 48.3 cm³/mol. The molecule has 1 aliphatic rings. The molecule has 5 heteroatoms. The number of alkyl halides is 3. The average molecular weight is 206 g/mol. The summed E-state index contributed by atoms with van der Waals surface area (Å²) in [6, 6.07) is -0.615. The van der Waals surface area contributed by atoms with Gasteiger partial charge in [0.15, 0.2) is 0 Å². The van der Waals surface area contributed by atoms with Gasteiger partial charge in [0, 0.05) is 12.6 Å². The first-order valence-electron chi connectivity index (χ1n) is 4.36. The van der Waals surface area contributed by atoms with Crippen LogP contribution < -0.4 is 5.73 Å². The van der Waals surface area contributed by atoms with E-state index >= 15 is 0 Å². The third kappa shape index (κ3) is 2.97. The third-order valence-corrected chi connectivity index (χ3v) is 2.10. The van der Waals surface area contributed by atoms with Gasteiger partial charge in [-0.2, -0.15) is 13.2 Å². The molecule has 1 aliphatic heterocycles. The number of hydrogen-bond acceptors (Lipinski definition) is 2. The molecular formula is C9H13F3N2. The van der Waals surface area contributed by atoms with Crippen molar-refractivity contribution in [3.8, 4) is 0 Å². The van der Waals surface area contributed by atoms with Crippen LogP contribution in [0.3, 0.4) is 0 Å².